The molecule has 0 aliphatic heterocycles. The number of benzene rings is 3. The van der Waals surface area contributed by atoms with E-state index in [0.29, 0.717) is 10.9 Å². The molecule has 0 unspecified atom stereocenters. The van der Waals surface area contributed by atoms with Crippen molar-refractivity contribution in [2.45, 2.75) is 4.90 Å². The molecule has 0 radical (unpaired) electrons. The highest BCUT2D eigenvalue weighted by atomic mass is 32.2. The van der Waals surface area contributed by atoms with Crippen molar-refractivity contribution in [3.8, 4) is 0 Å². The predicted molar refractivity (Wildman–Crippen MR) is 92.6 cm³/mol. The van der Waals surface area contributed by atoms with Gasteiger partial charge in [0.05, 0.1) is 11.4 Å². The fraction of sp³-hybridized carbons (Fsp3) is 0. The van der Waals surface area contributed by atoms with Gasteiger partial charge in [-0.25, -0.2) is 0 Å². The SMILES string of the molecule is Nc1ccc2cccc(NC(=O)c3ccccc3)c2c1S(=O)(=O)O. The summed E-state index contributed by atoms with van der Waals surface area (Å²) in [5, 5.41) is 3.37. The van der Waals surface area contributed by atoms with E-state index in [1.54, 1.807) is 54.6 Å². The molecule has 3 rings (SSSR count). The predicted octanol–water partition coefficient (Wildman–Crippen LogP) is 2.92. The molecule has 3 aromatic rings. The summed E-state index contributed by atoms with van der Waals surface area (Å²) in [7, 11) is -4.56. The number of amides is 1. The summed E-state index contributed by atoms with van der Waals surface area (Å²) in [6.45, 7) is 0. The molecular weight excluding hydrogens is 328 g/mol. The van der Waals surface area contributed by atoms with Crippen molar-refractivity contribution in [2.24, 2.45) is 0 Å². The molecule has 4 N–H and O–H groups in total. The molecule has 0 spiro atoms. The maximum Gasteiger partial charge on any atom is 0.297 e. The van der Waals surface area contributed by atoms with Crippen LogP contribution in [0.5, 0.6) is 0 Å². The molecule has 0 atom stereocenters. The zero-order chi connectivity index (χ0) is 17.3. The van der Waals surface area contributed by atoms with E-state index in [1.165, 1.54) is 6.07 Å². The second-order valence-corrected chi connectivity index (χ2v) is 6.54. The number of fused-ring (bicyclic) bond motifs is 1. The monoisotopic (exact) mass is 342 g/mol. The van der Waals surface area contributed by atoms with Crippen LogP contribution in [0, 0.1) is 0 Å². The van der Waals surface area contributed by atoms with Gasteiger partial charge in [-0.15, -0.1) is 0 Å². The average Bonchev–Trinajstić information content (AvgIpc) is 2.55. The fourth-order valence-electron chi connectivity index (χ4n) is 2.53. The molecule has 0 heterocycles. The fourth-order valence-corrected chi connectivity index (χ4v) is 3.38. The smallest absolute Gasteiger partial charge is 0.297 e. The standard InChI is InChI=1S/C17H14N2O4S/c18-13-10-9-11-7-4-8-14(15(11)16(13)24(21,22)23)19-17(20)12-5-2-1-3-6-12/h1-10H,18H2,(H,19,20)(H,21,22,23). The number of hydrogen-bond acceptors (Lipinski definition) is 4. The van der Waals surface area contributed by atoms with Crippen molar-refractivity contribution >= 4 is 38.2 Å². The molecule has 0 aliphatic rings. The summed E-state index contributed by atoms with van der Waals surface area (Å²) in [5.41, 5.74) is 6.31. The Morgan fingerprint density at radius 3 is 2.33 bits per heavy atom. The van der Waals surface area contributed by atoms with Gasteiger partial charge >= 0.3 is 0 Å². The summed E-state index contributed by atoms with van der Waals surface area (Å²) >= 11 is 0. The zero-order valence-corrected chi connectivity index (χ0v) is 13.2. The van der Waals surface area contributed by atoms with Gasteiger partial charge in [-0.1, -0.05) is 36.4 Å². The van der Waals surface area contributed by atoms with Gasteiger partial charge in [0.1, 0.15) is 4.90 Å². The Morgan fingerprint density at radius 1 is 0.958 bits per heavy atom. The van der Waals surface area contributed by atoms with Crippen LogP contribution in [0.3, 0.4) is 0 Å². The van der Waals surface area contributed by atoms with E-state index in [4.69, 9.17) is 5.73 Å². The van der Waals surface area contributed by atoms with E-state index in [1.807, 2.05) is 0 Å². The van der Waals surface area contributed by atoms with E-state index in [-0.39, 0.29) is 16.8 Å². The minimum absolute atomic E-state index is 0.0913. The van der Waals surface area contributed by atoms with Crippen LogP contribution in [0.15, 0.2) is 65.6 Å². The Labute approximate surface area is 138 Å². The summed E-state index contributed by atoms with van der Waals surface area (Å²) in [4.78, 5) is 11.9. The van der Waals surface area contributed by atoms with Crippen LogP contribution < -0.4 is 11.1 Å². The summed E-state index contributed by atoms with van der Waals surface area (Å²) in [5.74, 6) is -0.396. The van der Waals surface area contributed by atoms with Crippen molar-refractivity contribution in [3.05, 3.63) is 66.2 Å². The van der Waals surface area contributed by atoms with Crippen LogP contribution in [-0.2, 0) is 10.1 Å². The van der Waals surface area contributed by atoms with E-state index in [0.717, 1.165) is 0 Å². The van der Waals surface area contributed by atoms with Gasteiger partial charge in [-0.05, 0) is 29.7 Å². The normalized spacial score (nSPS) is 11.4. The molecule has 7 heteroatoms. The van der Waals surface area contributed by atoms with Gasteiger partial charge in [0.2, 0.25) is 0 Å². The van der Waals surface area contributed by atoms with E-state index in [2.05, 4.69) is 5.32 Å². The van der Waals surface area contributed by atoms with Gasteiger partial charge in [0.15, 0.2) is 0 Å². The van der Waals surface area contributed by atoms with Crippen LogP contribution in [0.4, 0.5) is 11.4 Å². The maximum atomic E-state index is 12.3. The molecule has 0 aromatic heterocycles. The number of carbonyl (C=O) groups excluding carboxylic acids is 1. The minimum Gasteiger partial charge on any atom is -0.398 e. The third-order valence-corrected chi connectivity index (χ3v) is 4.53. The Hall–Kier alpha value is -2.90. The molecule has 6 nitrogen and oxygen atoms in total. The molecule has 1 amide bonds. The molecule has 0 saturated carbocycles. The quantitative estimate of drug-likeness (QED) is 0.501. The molecule has 122 valence electrons. The highest BCUT2D eigenvalue weighted by Gasteiger charge is 2.21. The number of rotatable bonds is 3. The van der Waals surface area contributed by atoms with Crippen molar-refractivity contribution in [1.29, 1.82) is 0 Å². The minimum atomic E-state index is -4.56. The van der Waals surface area contributed by atoms with Gasteiger partial charge in [0.25, 0.3) is 16.0 Å². The Balaban J connectivity index is 2.19. The topological polar surface area (TPSA) is 109 Å². The van der Waals surface area contributed by atoms with Crippen molar-refractivity contribution in [3.63, 3.8) is 0 Å². The first-order chi connectivity index (χ1) is 11.4. The number of hydrogen-bond donors (Lipinski definition) is 3. The third-order valence-electron chi connectivity index (χ3n) is 3.57. The molecule has 3 aromatic carbocycles. The Kier molecular flexibility index (Phi) is 3.96. The van der Waals surface area contributed by atoms with Gasteiger partial charge in [-0.2, -0.15) is 8.42 Å². The van der Waals surface area contributed by atoms with Gasteiger partial charge in [0, 0.05) is 10.9 Å². The molecule has 0 aliphatic carbocycles. The van der Waals surface area contributed by atoms with Crippen LogP contribution in [0.2, 0.25) is 0 Å². The molecular formula is C17H14N2O4S. The molecule has 0 saturated heterocycles. The summed E-state index contributed by atoms with van der Waals surface area (Å²) in [6, 6.07) is 16.4. The maximum absolute atomic E-state index is 12.3. The zero-order valence-electron chi connectivity index (χ0n) is 12.4. The second kappa shape index (κ2) is 5.95. The highest BCUT2D eigenvalue weighted by Crippen LogP contribution is 2.34. The van der Waals surface area contributed by atoms with E-state index in [9.17, 15) is 17.8 Å². The van der Waals surface area contributed by atoms with Gasteiger partial charge < -0.3 is 11.1 Å². The first-order valence-electron chi connectivity index (χ1n) is 7.03. The number of anilines is 2. The van der Waals surface area contributed by atoms with Gasteiger partial charge in [-0.3, -0.25) is 9.35 Å². The molecule has 24 heavy (non-hydrogen) atoms. The average molecular weight is 342 g/mol. The third kappa shape index (κ3) is 2.94. The number of nitrogens with two attached hydrogens (primary N) is 1. The van der Waals surface area contributed by atoms with Crippen LogP contribution >= 0.6 is 0 Å². The Morgan fingerprint density at radius 2 is 1.67 bits per heavy atom. The highest BCUT2D eigenvalue weighted by molar-refractivity contribution is 7.86. The first-order valence-corrected chi connectivity index (χ1v) is 8.47. The number of nitrogen functional groups attached to an aromatic ring is 1. The van der Waals surface area contributed by atoms with E-state index < -0.39 is 20.9 Å². The lowest BCUT2D eigenvalue weighted by Gasteiger charge is -2.13. The second-order valence-electron chi connectivity index (χ2n) is 5.18. The lowest BCUT2D eigenvalue weighted by molar-refractivity contribution is 0.102. The molecule has 0 bridgehead atoms. The first kappa shape index (κ1) is 16.0. The van der Waals surface area contributed by atoms with Crippen molar-refractivity contribution in [1.82, 2.24) is 0 Å². The molecule has 0 fully saturated rings. The van der Waals surface area contributed by atoms with Crippen LogP contribution in [0.1, 0.15) is 10.4 Å². The number of nitrogens with one attached hydrogen (secondary N) is 1. The Bertz CT molecular complexity index is 1030. The lowest BCUT2D eigenvalue weighted by Crippen LogP contribution is -2.13. The summed E-state index contributed by atoms with van der Waals surface area (Å²) < 4.78 is 33.0. The largest absolute Gasteiger partial charge is 0.398 e. The summed E-state index contributed by atoms with van der Waals surface area (Å²) in [6.07, 6.45) is 0. The number of carbonyl (C=O) groups is 1. The van der Waals surface area contributed by atoms with Crippen molar-refractivity contribution in [2.75, 3.05) is 11.1 Å². The van der Waals surface area contributed by atoms with Crippen LogP contribution in [0.25, 0.3) is 10.8 Å². The lowest BCUT2D eigenvalue weighted by atomic mass is 10.1. The van der Waals surface area contributed by atoms with Crippen LogP contribution in [-0.4, -0.2) is 18.9 Å². The van der Waals surface area contributed by atoms with E-state index >= 15 is 0 Å². The van der Waals surface area contributed by atoms with Crippen molar-refractivity contribution < 1.29 is 17.8 Å².